The van der Waals surface area contributed by atoms with Crippen LogP contribution in [0.15, 0.2) is 41.2 Å². The van der Waals surface area contributed by atoms with Gasteiger partial charge in [0, 0.05) is 29.8 Å². The number of hydrogen-bond acceptors (Lipinski definition) is 5. The lowest BCUT2D eigenvalue weighted by molar-refractivity contribution is 0.0698. The van der Waals surface area contributed by atoms with Gasteiger partial charge in [0.15, 0.2) is 0 Å². The van der Waals surface area contributed by atoms with E-state index in [2.05, 4.69) is 5.32 Å². The van der Waals surface area contributed by atoms with Gasteiger partial charge in [-0.2, -0.15) is 0 Å². The molecular weight excluding hydrogens is 413 g/mol. The maximum atomic E-state index is 14.6. The number of hydrogen-bond donors (Lipinski definition) is 2. The van der Waals surface area contributed by atoms with Crippen LogP contribution in [0.5, 0.6) is 0 Å². The molecule has 2 heterocycles. The largest absolute Gasteiger partial charge is 0.478 e. The van der Waals surface area contributed by atoms with E-state index in [0.29, 0.717) is 35.8 Å². The molecule has 1 aromatic heterocycles. The average Bonchev–Trinajstić information content (AvgIpc) is 3.45. The minimum atomic E-state index is -1.06. The van der Waals surface area contributed by atoms with Gasteiger partial charge in [0.25, 0.3) is 5.56 Å². The summed E-state index contributed by atoms with van der Waals surface area (Å²) in [5.74, 6) is -0.848. The molecule has 0 radical (unpaired) electrons. The Kier molecular flexibility index (Phi) is 5.17. The van der Waals surface area contributed by atoms with E-state index in [4.69, 9.17) is 9.72 Å². The molecule has 8 heteroatoms. The van der Waals surface area contributed by atoms with Crippen molar-refractivity contribution < 1.29 is 19.0 Å². The summed E-state index contributed by atoms with van der Waals surface area (Å²) in [4.78, 5) is 29.9. The van der Waals surface area contributed by atoms with Gasteiger partial charge in [-0.25, -0.2) is 14.2 Å². The molecule has 3 aromatic rings. The minimum absolute atomic E-state index is 0.0293. The second-order valence-corrected chi connectivity index (χ2v) is 8.54. The number of halogens is 1. The molecular formula is C24H24FN3O4. The number of carbonyl (C=O) groups is 1. The summed E-state index contributed by atoms with van der Waals surface area (Å²) in [5.41, 5.74) is 1.27. The first-order valence-corrected chi connectivity index (χ1v) is 10.9. The summed E-state index contributed by atoms with van der Waals surface area (Å²) in [5, 5.41) is 12.9. The van der Waals surface area contributed by atoms with E-state index in [1.165, 1.54) is 18.2 Å². The Labute approximate surface area is 183 Å². The van der Waals surface area contributed by atoms with Crippen LogP contribution in [0.25, 0.3) is 10.9 Å². The van der Waals surface area contributed by atoms with E-state index in [1.807, 2.05) is 0 Å². The third kappa shape index (κ3) is 3.64. The van der Waals surface area contributed by atoms with Crippen molar-refractivity contribution in [2.75, 3.05) is 18.5 Å². The summed E-state index contributed by atoms with van der Waals surface area (Å²) >= 11 is 0. The zero-order valence-electron chi connectivity index (χ0n) is 17.7. The number of aromatic nitrogens is 2. The van der Waals surface area contributed by atoms with Crippen LogP contribution in [0.4, 0.5) is 10.1 Å². The molecule has 1 saturated heterocycles. The fourth-order valence-corrected chi connectivity index (χ4v) is 4.46. The van der Waals surface area contributed by atoms with Crippen LogP contribution in [-0.2, 0) is 4.74 Å². The number of carboxylic acid groups (broad SMARTS) is 1. The Morgan fingerprint density at radius 1 is 1.28 bits per heavy atom. The first-order valence-electron chi connectivity index (χ1n) is 10.9. The highest BCUT2D eigenvalue weighted by atomic mass is 19.1. The fraction of sp³-hybridized carbons (Fsp3) is 0.375. The third-order valence-corrected chi connectivity index (χ3v) is 6.23. The van der Waals surface area contributed by atoms with Crippen molar-refractivity contribution in [3.63, 3.8) is 0 Å². The number of benzene rings is 2. The smallest absolute Gasteiger partial charge is 0.337 e. The van der Waals surface area contributed by atoms with Crippen molar-refractivity contribution in [1.29, 1.82) is 0 Å². The molecule has 0 amide bonds. The Balaban J connectivity index is 1.65. The number of carboxylic acids is 1. The van der Waals surface area contributed by atoms with Gasteiger partial charge in [-0.3, -0.25) is 9.36 Å². The molecule has 2 fully saturated rings. The molecule has 1 aliphatic heterocycles. The number of anilines is 1. The standard InChI is InChI=1S/C24H24FN3O4/c1-13(26-20-5-3-2-4-17(20)24(30)31)18-10-15(25)11-19-21(18)27-22(14-8-9-32-12-14)28(23(19)29)16-6-7-16/h2-5,10-11,13-14,16,26H,6-9,12H2,1H3,(H,30,31)/t13-,14-/m1/s1. The highest BCUT2D eigenvalue weighted by Crippen LogP contribution is 2.38. The van der Waals surface area contributed by atoms with Crippen LogP contribution >= 0.6 is 0 Å². The first kappa shape index (κ1) is 20.6. The Hall–Kier alpha value is -3.26. The van der Waals surface area contributed by atoms with Crippen LogP contribution in [-0.4, -0.2) is 33.8 Å². The second-order valence-electron chi connectivity index (χ2n) is 8.54. The molecule has 166 valence electrons. The molecule has 5 rings (SSSR count). The number of nitrogens with zero attached hydrogens (tertiary/aromatic N) is 2. The number of aromatic carboxylic acids is 1. The van der Waals surface area contributed by atoms with Gasteiger partial charge in [-0.1, -0.05) is 12.1 Å². The summed E-state index contributed by atoms with van der Waals surface area (Å²) in [7, 11) is 0. The number of fused-ring (bicyclic) bond motifs is 1. The predicted molar refractivity (Wildman–Crippen MR) is 118 cm³/mol. The van der Waals surface area contributed by atoms with E-state index in [9.17, 15) is 19.1 Å². The molecule has 0 unspecified atom stereocenters. The Morgan fingerprint density at radius 2 is 2.06 bits per heavy atom. The van der Waals surface area contributed by atoms with Gasteiger partial charge < -0.3 is 15.2 Å². The lowest BCUT2D eigenvalue weighted by Crippen LogP contribution is -2.27. The van der Waals surface area contributed by atoms with Crippen LogP contribution < -0.4 is 10.9 Å². The third-order valence-electron chi connectivity index (χ3n) is 6.23. The van der Waals surface area contributed by atoms with Crippen LogP contribution in [0.3, 0.4) is 0 Å². The van der Waals surface area contributed by atoms with Gasteiger partial charge in [0.05, 0.1) is 29.1 Å². The maximum Gasteiger partial charge on any atom is 0.337 e. The summed E-state index contributed by atoms with van der Waals surface area (Å²) in [6, 6.07) is 8.79. The molecule has 2 atom stereocenters. The minimum Gasteiger partial charge on any atom is -0.478 e. The van der Waals surface area contributed by atoms with E-state index >= 15 is 0 Å². The van der Waals surface area contributed by atoms with E-state index < -0.39 is 17.8 Å². The van der Waals surface area contributed by atoms with Crippen molar-refractivity contribution in [3.8, 4) is 0 Å². The summed E-state index contributed by atoms with van der Waals surface area (Å²) in [6.07, 6.45) is 2.63. The van der Waals surface area contributed by atoms with Crippen LogP contribution in [0.2, 0.25) is 0 Å². The quantitative estimate of drug-likeness (QED) is 0.599. The summed E-state index contributed by atoms with van der Waals surface area (Å²) < 4.78 is 21.9. The van der Waals surface area contributed by atoms with E-state index in [1.54, 1.807) is 29.7 Å². The van der Waals surface area contributed by atoms with Gasteiger partial charge in [0.2, 0.25) is 0 Å². The zero-order valence-corrected chi connectivity index (χ0v) is 17.7. The van der Waals surface area contributed by atoms with E-state index in [0.717, 1.165) is 19.3 Å². The molecule has 32 heavy (non-hydrogen) atoms. The maximum absolute atomic E-state index is 14.6. The molecule has 0 spiro atoms. The molecule has 7 nitrogen and oxygen atoms in total. The van der Waals surface area contributed by atoms with Crippen molar-refractivity contribution >= 4 is 22.6 Å². The van der Waals surface area contributed by atoms with E-state index in [-0.39, 0.29) is 28.5 Å². The van der Waals surface area contributed by atoms with Gasteiger partial charge in [-0.15, -0.1) is 0 Å². The monoisotopic (exact) mass is 437 g/mol. The number of para-hydroxylation sites is 1. The Bertz CT molecular complexity index is 1260. The Morgan fingerprint density at radius 3 is 2.75 bits per heavy atom. The van der Waals surface area contributed by atoms with Crippen LogP contribution in [0.1, 0.15) is 65.9 Å². The molecule has 2 N–H and O–H groups in total. The molecule has 1 saturated carbocycles. The van der Waals surface area contributed by atoms with Crippen molar-refractivity contribution in [3.05, 3.63) is 69.5 Å². The normalized spacial score (nSPS) is 19.2. The highest BCUT2D eigenvalue weighted by Gasteiger charge is 2.33. The summed E-state index contributed by atoms with van der Waals surface area (Å²) in [6.45, 7) is 2.95. The molecule has 0 bridgehead atoms. The van der Waals surface area contributed by atoms with Gasteiger partial charge >= 0.3 is 5.97 Å². The first-order chi connectivity index (χ1) is 15.4. The van der Waals surface area contributed by atoms with Gasteiger partial charge in [0.1, 0.15) is 11.6 Å². The van der Waals surface area contributed by atoms with Crippen molar-refractivity contribution in [2.24, 2.45) is 0 Å². The highest BCUT2D eigenvalue weighted by molar-refractivity contribution is 5.94. The van der Waals surface area contributed by atoms with Crippen molar-refractivity contribution in [1.82, 2.24) is 9.55 Å². The SMILES string of the molecule is C[C@@H](Nc1ccccc1C(=O)O)c1cc(F)cc2c(=O)n(C3CC3)c([C@@H]3CCOC3)nc12. The molecule has 2 aliphatic rings. The van der Waals surface area contributed by atoms with Crippen LogP contribution in [0, 0.1) is 5.82 Å². The lowest BCUT2D eigenvalue weighted by atomic mass is 10.0. The van der Waals surface area contributed by atoms with Gasteiger partial charge in [-0.05, 0) is 50.5 Å². The fourth-order valence-electron chi connectivity index (χ4n) is 4.46. The predicted octanol–water partition coefficient (Wildman–Crippen LogP) is 4.25. The number of nitrogens with one attached hydrogen (secondary N) is 1. The zero-order chi connectivity index (χ0) is 22.4. The lowest BCUT2D eigenvalue weighted by Gasteiger charge is -2.21. The molecule has 1 aliphatic carbocycles. The number of rotatable bonds is 6. The topological polar surface area (TPSA) is 93.5 Å². The second kappa shape index (κ2) is 8.02. The van der Waals surface area contributed by atoms with Crippen molar-refractivity contribution in [2.45, 2.75) is 44.2 Å². The molecule has 2 aromatic carbocycles. The average molecular weight is 437 g/mol. The number of ether oxygens (including phenoxy) is 1.